The molecule has 3 heteroatoms. The van der Waals surface area contributed by atoms with Gasteiger partial charge in [-0.15, -0.1) is 0 Å². The average molecular weight is 225 g/mol. The summed E-state index contributed by atoms with van der Waals surface area (Å²) in [6, 6.07) is 1.29. The van der Waals surface area contributed by atoms with E-state index in [-0.39, 0.29) is 5.92 Å². The lowest BCUT2D eigenvalue weighted by Gasteiger charge is -2.48. The number of carboxylic acids is 1. The number of carboxylic acid groups (broad SMARTS) is 1. The van der Waals surface area contributed by atoms with Gasteiger partial charge in [0.2, 0.25) is 0 Å². The smallest absolute Gasteiger partial charge is 0.306 e. The predicted molar refractivity (Wildman–Crippen MR) is 63.3 cm³/mol. The maximum Gasteiger partial charge on any atom is 0.306 e. The van der Waals surface area contributed by atoms with E-state index in [9.17, 15) is 9.90 Å². The number of hydrogen-bond acceptors (Lipinski definition) is 2. The zero-order chi connectivity index (χ0) is 11.7. The van der Waals surface area contributed by atoms with Crippen molar-refractivity contribution < 1.29 is 9.90 Å². The van der Waals surface area contributed by atoms with Crippen LogP contribution in [0.1, 0.15) is 45.4 Å². The molecule has 2 fully saturated rings. The van der Waals surface area contributed by atoms with Crippen LogP contribution in [-0.2, 0) is 4.79 Å². The second-order valence-electron chi connectivity index (χ2n) is 5.49. The zero-order valence-electron chi connectivity index (χ0n) is 10.4. The van der Waals surface area contributed by atoms with Gasteiger partial charge in [0.25, 0.3) is 0 Å². The Morgan fingerprint density at radius 3 is 2.38 bits per heavy atom. The van der Waals surface area contributed by atoms with Crippen LogP contribution in [0.3, 0.4) is 0 Å². The Morgan fingerprint density at radius 2 is 1.94 bits per heavy atom. The van der Waals surface area contributed by atoms with Gasteiger partial charge in [-0.2, -0.15) is 0 Å². The third-order valence-corrected chi connectivity index (χ3v) is 4.70. The quantitative estimate of drug-likeness (QED) is 0.801. The number of hydrogen-bond donors (Lipinski definition) is 1. The third-order valence-electron chi connectivity index (χ3n) is 4.70. The van der Waals surface area contributed by atoms with Crippen LogP contribution in [0, 0.1) is 11.8 Å². The number of aliphatic carboxylic acids is 1. The molecule has 0 saturated carbocycles. The fourth-order valence-electron chi connectivity index (χ4n) is 3.70. The molecule has 2 bridgehead atoms. The van der Waals surface area contributed by atoms with Crippen LogP contribution >= 0.6 is 0 Å². The molecular weight excluding hydrogens is 202 g/mol. The standard InChI is InChI=1S/C13H23NO2/c1-3-12(13(15)16)9-7-10-5-4-6-11(8-9)14(10)2/h9-12H,3-8H2,1-2H3,(H,15,16). The lowest BCUT2D eigenvalue weighted by molar-refractivity contribution is -0.145. The molecule has 0 aliphatic carbocycles. The molecule has 1 N–H and O–H groups in total. The van der Waals surface area contributed by atoms with E-state index in [1.807, 2.05) is 6.92 Å². The van der Waals surface area contributed by atoms with E-state index in [0.717, 1.165) is 19.3 Å². The highest BCUT2D eigenvalue weighted by molar-refractivity contribution is 5.70. The number of piperidine rings is 2. The van der Waals surface area contributed by atoms with E-state index in [2.05, 4.69) is 11.9 Å². The summed E-state index contributed by atoms with van der Waals surface area (Å²) in [6.07, 6.45) is 6.83. The minimum absolute atomic E-state index is 0.114. The number of rotatable bonds is 3. The molecule has 92 valence electrons. The molecule has 0 amide bonds. The Hall–Kier alpha value is -0.570. The highest BCUT2D eigenvalue weighted by Crippen LogP contribution is 2.39. The van der Waals surface area contributed by atoms with Gasteiger partial charge in [-0.1, -0.05) is 13.3 Å². The largest absolute Gasteiger partial charge is 0.481 e. The second-order valence-corrected chi connectivity index (χ2v) is 5.49. The van der Waals surface area contributed by atoms with Gasteiger partial charge < -0.3 is 10.0 Å². The first kappa shape index (κ1) is 11.9. The van der Waals surface area contributed by atoms with Crippen molar-refractivity contribution in [3.05, 3.63) is 0 Å². The topological polar surface area (TPSA) is 40.5 Å². The van der Waals surface area contributed by atoms with Crippen molar-refractivity contribution in [2.24, 2.45) is 11.8 Å². The molecule has 0 aromatic heterocycles. The maximum atomic E-state index is 11.2. The van der Waals surface area contributed by atoms with E-state index >= 15 is 0 Å². The van der Waals surface area contributed by atoms with Gasteiger partial charge >= 0.3 is 5.97 Å². The average Bonchev–Trinajstić information content (AvgIpc) is 2.19. The molecule has 2 saturated heterocycles. The fraction of sp³-hybridized carbons (Fsp3) is 0.923. The monoisotopic (exact) mass is 225 g/mol. The summed E-state index contributed by atoms with van der Waals surface area (Å²) in [5, 5.41) is 9.24. The summed E-state index contributed by atoms with van der Waals surface area (Å²) in [5.74, 6) is -0.291. The number of nitrogens with zero attached hydrogens (tertiary/aromatic N) is 1. The van der Waals surface area contributed by atoms with Crippen LogP contribution in [0.2, 0.25) is 0 Å². The normalized spacial score (nSPS) is 37.0. The zero-order valence-corrected chi connectivity index (χ0v) is 10.4. The van der Waals surface area contributed by atoms with Crippen molar-refractivity contribution in [2.75, 3.05) is 7.05 Å². The van der Waals surface area contributed by atoms with Crippen molar-refractivity contribution in [2.45, 2.75) is 57.5 Å². The van der Waals surface area contributed by atoms with Crippen LogP contribution in [0.25, 0.3) is 0 Å². The van der Waals surface area contributed by atoms with E-state index in [0.29, 0.717) is 18.0 Å². The SMILES string of the molecule is CCC(C(=O)O)C1CC2CCCC(C1)N2C. The minimum Gasteiger partial charge on any atom is -0.481 e. The summed E-state index contributed by atoms with van der Waals surface area (Å²) in [4.78, 5) is 13.7. The van der Waals surface area contributed by atoms with Crippen molar-refractivity contribution >= 4 is 5.97 Å². The molecule has 3 atom stereocenters. The molecule has 2 aliphatic rings. The van der Waals surface area contributed by atoms with Gasteiger partial charge in [-0.3, -0.25) is 4.79 Å². The molecular formula is C13H23NO2. The number of carbonyl (C=O) groups is 1. The van der Waals surface area contributed by atoms with Gasteiger partial charge in [0.05, 0.1) is 5.92 Å². The first-order valence-electron chi connectivity index (χ1n) is 6.58. The molecule has 2 aliphatic heterocycles. The second kappa shape index (κ2) is 4.74. The summed E-state index contributed by atoms with van der Waals surface area (Å²) >= 11 is 0. The Morgan fingerprint density at radius 1 is 1.38 bits per heavy atom. The van der Waals surface area contributed by atoms with Gasteiger partial charge in [0, 0.05) is 12.1 Å². The Bertz CT molecular complexity index is 253. The van der Waals surface area contributed by atoms with Gasteiger partial charge in [-0.25, -0.2) is 0 Å². The van der Waals surface area contributed by atoms with Gasteiger partial charge in [0.1, 0.15) is 0 Å². The van der Waals surface area contributed by atoms with Gasteiger partial charge in [0.15, 0.2) is 0 Å². The van der Waals surface area contributed by atoms with Crippen molar-refractivity contribution in [3.63, 3.8) is 0 Å². The third kappa shape index (κ3) is 2.10. The number of fused-ring (bicyclic) bond motifs is 2. The molecule has 3 unspecified atom stereocenters. The lowest BCUT2D eigenvalue weighted by atomic mass is 9.73. The van der Waals surface area contributed by atoms with E-state index in [4.69, 9.17) is 0 Å². The van der Waals surface area contributed by atoms with Gasteiger partial charge in [-0.05, 0) is 45.1 Å². The van der Waals surface area contributed by atoms with Crippen molar-refractivity contribution in [3.8, 4) is 0 Å². The van der Waals surface area contributed by atoms with Crippen molar-refractivity contribution in [1.82, 2.24) is 4.90 Å². The first-order chi connectivity index (χ1) is 7.63. The molecule has 2 heterocycles. The summed E-state index contributed by atoms with van der Waals surface area (Å²) < 4.78 is 0. The Balaban J connectivity index is 2.06. The first-order valence-corrected chi connectivity index (χ1v) is 6.58. The maximum absolute atomic E-state index is 11.2. The predicted octanol–water partition coefficient (Wildman–Crippen LogP) is 2.36. The fourth-order valence-corrected chi connectivity index (χ4v) is 3.70. The Labute approximate surface area is 97.8 Å². The summed E-state index contributed by atoms with van der Waals surface area (Å²) in [7, 11) is 2.21. The van der Waals surface area contributed by atoms with Crippen LogP contribution in [0.15, 0.2) is 0 Å². The molecule has 0 aromatic rings. The van der Waals surface area contributed by atoms with Crippen LogP contribution in [0.5, 0.6) is 0 Å². The lowest BCUT2D eigenvalue weighted by Crippen LogP contribution is -2.51. The summed E-state index contributed by atoms with van der Waals surface area (Å²) in [6.45, 7) is 2.01. The minimum atomic E-state index is -0.588. The Kier molecular flexibility index (Phi) is 3.53. The molecule has 3 nitrogen and oxygen atoms in total. The molecule has 0 aromatic carbocycles. The van der Waals surface area contributed by atoms with E-state index in [1.54, 1.807) is 0 Å². The van der Waals surface area contributed by atoms with E-state index < -0.39 is 5.97 Å². The molecule has 0 spiro atoms. The van der Waals surface area contributed by atoms with Crippen LogP contribution in [0.4, 0.5) is 0 Å². The van der Waals surface area contributed by atoms with Crippen molar-refractivity contribution in [1.29, 1.82) is 0 Å². The highest BCUT2D eigenvalue weighted by Gasteiger charge is 2.40. The summed E-state index contributed by atoms with van der Waals surface area (Å²) in [5.41, 5.74) is 0. The van der Waals surface area contributed by atoms with E-state index in [1.165, 1.54) is 19.3 Å². The van der Waals surface area contributed by atoms with Crippen LogP contribution in [-0.4, -0.2) is 35.1 Å². The van der Waals surface area contributed by atoms with Crippen LogP contribution < -0.4 is 0 Å². The molecule has 16 heavy (non-hydrogen) atoms. The molecule has 2 rings (SSSR count). The molecule has 0 radical (unpaired) electrons. The highest BCUT2D eigenvalue weighted by atomic mass is 16.4.